The van der Waals surface area contributed by atoms with Crippen molar-refractivity contribution in [2.75, 3.05) is 6.54 Å². The van der Waals surface area contributed by atoms with Crippen molar-refractivity contribution >= 4 is 0 Å². The summed E-state index contributed by atoms with van der Waals surface area (Å²) >= 11 is 0. The standard InChI is InChI=1S/C9H18N3/c1-2-3-5-11-7-8-12(9-11)6-4-10/h7-9H,2-6,10H2,1H3/q+1/p+1. The third kappa shape index (κ3) is 2.66. The molecule has 0 aromatic carbocycles. The first-order chi connectivity index (χ1) is 5.86. The van der Waals surface area contributed by atoms with Crippen molar-refractivity contribution in [1.82, 2.24) is 4.57 Å². The summed E-state index contributed by atoms with van der Waals surface area (Å²) in [7, 11) is 0. The van der Waals surface area contributed by atoms with E-state index in [-0.39, 0.29) is 0 Å². The minimum atomic E-state index is 0.961. The summed E-state index contributed by atoms with van der Waals surface area (Å²) in [6.45, 7) is 5.34. The van der Waals surface area contributed by atoms with Crippen LogP contribution in [0.3, 0.4) is 0 Å². The van der Waals surface area contributed by atoms with Crippen molar-refractivity contribution in [3.05, 3.63) is 18.7 Å². The molecular weight excluding hydrogens is 150 g/mol. The van der Waals surface area contributed by atoms with Gasteiger partial charge >= 0.3 is 0 Å². The minimum Gasteiger partial charge on any atom is -0.354 e. The van der Waals surface area contributed by atoms with Gasteiger partial charge in [-0.05, 0) is 6.42 Å². The van der Waals surface area contributed by atoms with Gasteiger partial charge in [-0.2, -0.15) is 0 Å². The van der Waals surface area contributed by atoms with E-state index in [1.807, 2.05) is 0 Å². The number of rotatable bonds is 5. The average molecular weight is 169 g/mol. The molecule has 0 amide bonds. The zero-order chi connectivity index (χ0) is 8.81. The number of unbranched alkanes of at least 4 members (excludes halogenated alkanes) is 1. The van der Waals surface area contributed by atoms with Crippen molar-refractivity contribution < 1.29 is 10.3 Å². The normalized spacial score (nSPS) is 10.5. The Morgan fingerprint density at radius 3 is 3.00 bits per heavy atom. The van der Waals surface area contributed by atoms with Crippen LogP contribution >= 0.6 is 0 Å². The lowest BCUT2D eigenvalue weighted by Crippen LogP contribution is -2.52. The Bertz CT molecular complexity index is 217. The average Bonchev–Trinajstić information content (AvgIpc) is 2.50. The van der Waals surface area contributed by atoms with E-state index in [9.17, 15) is 0 Å². The molecule has 0 bridgehead atoms. The summed E-state index contributed by atoms with van der Waals surface area (Å²) in [5.74, 6) is 0. The molecule has 0 fully saturated rings. The van der Waals surface area contributed by atoms with Crippen molar-refractivity contribution in [2.24, 2.45) is 0 Å². The molecule has 0 unspecified atom stereocenters. The molecule has 68 valence electrons. The van der Waals surface area contributed by atoms with E-state index in [0.717, 1.165) is 19.6 Å². The molecule has 3 N–H and O–H groups in total. The Hall–Kier alpha value is -0.830. The smallest absolute Gasteiger partial charge is 0.243 e. The lowest BCUT2D eigenvalue weighted by Gasteiger charge is -1.91. The van der Waals surface area contributed by atoms with Gasteiger partial charge in [-0.15, -0.1) is 0 Å². The van der Waals surface area contributed by atoms with Gasteiger partial charge in [0.05, 0.1) is 6.54 Å². The largest absolute Gasteiger partial charge is 0.354 e. The lowest BCUT2D eigenvalue weighted by atomic mass is 10.3. The van der Waals surface area contributed by atoms with Crippen LogP contribution in [0.1, 0.15) is 19.8 Å². The molecular formula is C9H19N3+2. The molecule has 0 aliphatic carbocycles. The number of nitrogens with zero attached hydrogens (tertiary/aromatic N) is 2. The number of hydrogen-bond acceptors (Lipinski definition) is 0. The van der Waals surface area contributed by atoms with Gasteiger partial charge in [-0.25, -0.2) is 9.13 Å². The van der Waals surface area contributed by atoms with Crippen molar-refractivity contribution in [2.45, 2.75) is 32.9 Å². The third-order valence-electron chi connectivity index (χ3n) is 1.93. The fraction of sp³-hybridized carbons (Fsp3) is 0.667. The van der Waals surface area contributed by atoms with Gasteiger partial charge in [-0.3, -0.25) is 0 Å². The molecule has 0 spiro atoms. The van der Waals surface area contributed by atoms with Crippen LogP contribution in [0, 0.1) is 0 Å². The highest BCUT2D eigenvalue weighted by atomic mass is 15.1. The molecule has 0 aliphatic rings. The SMILES string of the molecule is CCCC[n+]1ccn(CC[NH3+])c1. The van der Waals surface area contributed by atoms with E-state index in [0.29, 0.717) is 0 Å². The monoisotopic (exact) mass is 169 g/mol. The van der Waals surface area contributed by atoms with E-state index < -0.39 is 0 Å². The van der Waals surface area contributed by atoms with Crippen LogP contribution in [-0.2, 0) is 13.1 Å². The maximum atomic E-state index is 3.82. The van der Waals surface area contributed by atoms with Crippen LogP contribution in [-0.4, -0.2) is 11.1 Å². The molecule has 3 nitrogen and oxygen atoms in total. The van der Waals surface area contributed by atoms with Crippen LogP contribution < -0.4 is 10.3 Å². The second-order valence-electron chi connectivity index (χ2n) is 3.10. The van der Waals surface area contributed by atoms with E-state index in [1.54, 1.807) is 0 Å². The highest BCUT2D eigenvalue weighted by Crippen LogP contribution is 1.87. The first-order valence-electron chi connectivity index (χ1n) is 4.71. The van der Waals surface area contributed by atoms with Crippen LogP contribution in [0.25, 0.3) is 0 Å². The van der Waals surface area contributed by atoms with Crippen molar-refractivity contribution in [1.29, 1.82) is 0 Å². The number of aromatic nitrogens is 2. The topological polar surface area (TPSA) is 36.5 Å². The highest BCUT2D eigenvalue weighted by Gasteiger charge is 2.01. The number of imidazole rings is 1. The van der Waals surface area contributed by atoms with Gasteiger partial charge in [0.25, 0.3) is 0 Å². The van der Waals surface area contributed by atoms with Gasteiger partial charge in [0.2, 0.25) is 6.33 Å². The van der Waals surface area contributed by atoms with Crippen molar-refractivity contribution in [3.8, 4) is 0 Å². The van der Waals surface area contributed by atoms with Gasteiger partial charge in [0.15, 0.2) is 0 Å². The molecule has 0 radical (unpaired) electrons. The molecule has 0 atom stereocenters. The molecule has 0 aliphatic heterocycles. The Kier molecular flexibility index (Phi) is 3.80. The Labute approximate surface area is 73.8 Å². The van der Waals surface area contributed by atoms with Gasteiger partial charge < -0.3 is 5.73 Å². The first-order valence-corrected chi connectivity index (χ1v) is 4.71. The second kappa shape index (κ2) is 4.93. The maximum Gasteiger partial charge on any atom is 0.243 e. The summed E-state index contributed by atoms with van der Waals surface area (Å²) in [5, 5.41) is 0. The maximum absolute atomic E-state index is 3.82. The molecule has 1 rings (SSSR count). The fourth-order valence-electron chi connectivity index (χ4n) is 1.23. The van der Waals surface area contributed by atoms with Gasteiger partial charge in [-0.1, -0.05) is 13.3 Å². The third-order valence-corrected chi connectivity index (χ3v) is 1.93. The molecule has 0 saturated heterocycles. The summed E-state index contributed by atoms with van der Waals surface area (Å²) in [6, 6.07) is 0. The summed E-state index contributed by atoms with van der Waals surface area (Å²) < 4.78 is 4.42. The number of aryl methyl sites for hydroxylation is 1. The zero-order valence-electron chi connectivity index (χ0n) is 7.87. The van der Waals surface area contributed by atoms with Gasteiger partial charge in [0, 0.05) is 0 Å². The first kappa shape index (κ1) is 9.26. The Morgan fingerprint density at radius 2 is 2.33 bits per heavy atom. The predicted molar refractivity (Wildman–Crippen MR) is 47.3 cm³/mol. The summed E-state index contributed by atoms with van der Waals surface area (Å²) in [4.78, 5) is 0. The molecule has 1 aromatic heterocycles. The van der Waals surface area contributed by atoms with E-state index in [1.165, 1.54) is 12.8 Å². The van der Waals surface area contributed by atoms with Crippen LogP contribution in [0.2, 0.25) is 0 Å². The number of quaternary nitrogens is 1. The minimum absolute atomic E-state index is 0.961. The van der Waals surface area contributed by atoms with E-state index in [2.05, 4.69) is 40.5 Å². The molecule has 3 heteroatoms. The molecule has 0 saturated carbocycles. The predicted octanol–water partition coefficient (Wildman–Crippen LogP) is -0.182. The number of hydrogen-bond donors (Lipinski definition) is 1. The van der Waals surface area contributed by atoms with E-state index in [4.69, 9.17) is 0 Å². The van der Waals surface area contributed by atoms with Crippen molar-refractivity contribution in [3.63, 3.8) is 0 Å². The quantitative estimate of drug-likeness (QED) is 0.594. The van der Waals surface area contributed by atoms with E-state index >= 15 is 0 Å². The van der Waals surface area contributed by atoms with Crippen LogP contribution in [0.15, 0.2) is 18.7 Å². The Morgan fingerprint density at radius 1 is 1.50 bits per heavy atom. The van der Waals surface area contributed by atoms with Crippen LogP contribution in [0.5, 0.6) is 0 Å². The molecule has 12 heavy (non-hydrogen) atoms. The fourth-order valence-corrected chi connectivity index (χ4v) is 1.23. The lowest BCUT2D eigenvalue weighted by molar-refractivity contribution is -0.696. The van der Waals surface area contributed by atoms with Gasteiger partial charge in [0.1, 0.15) is 25.5 Å². The molecule has 1 heterocycles. The highest BCUT2D eigenvalue weighted by molar-refractivity contribution is 4.65. The Balaban J connectivity index is 2.41. The zero-order valence-corrected chi connectivity index (χ0v) is 7.87. The second-order valence-corrected chi connectivity index (χ2v) is 3.10. The summed E-state index contributed by atoms with van der Waals surface area (Å²) in [6.07, 6.45) is 8.92. The molecule has 1 aromatic rings. The summed E-state index contributed by atoms with van der Waals surface area (Å²) in [5.41, 5.74) is 3.82. The van der Waals surface area contributed by atoms with Crippen LogP contribution in [0.4, 0.5) is 0 Å².